The number of hydrogen-bond acceptors (Lipinski definition) is 3. The van der Waals surface area contributed by atoms with Crippen molar-refractivity contribution in [2.45, 2.75) is 32.0 Å². The Morgan fingerprint density at radius 3 is 2.22 bits per heavy atom. The molecule has 2 atom stereocenters. The van der Waals surface area contributed by atoms with E-state index in [9.17, 15) is 0 Å². The molecule has 9 heavy (non-hydrogen) atoms. The Hall–Kier alpha value is -0.120. The van der Waals surface area contributed by atoms with Crippen molar-refractivity contribution in [1.29, 1.82) is 0 Å². The van der Waals surface area contributed by atoms with Gasteiger partial charge in [-0.1, -0.05) is 0 Å². The van der Waals surface area contributed by atoms with Gasteiger partial charge in [-0.2, -0.15) is 0 Å². The lowest BCUT2D eigenvalue weighted by atomic mass is 10.1. The summed E-state index contributed by atoms with van der Waals surface area (Å²) in [5, 5.41) is 25.9. The second kappa shape index (κ2) is 4.73. The molecular weight excluding hydrogens is 120 g/mol. The van der Waals surface area contributed by atoms with E-state index in [0.717, 1.165) is 0 Å². The summed E-state index contributed by atoms with van der Waals surface area (Å²) in [6, 6.07) is 0. The first kappa shape index (κ1) is 8.88. The second-order valence-corrected chi connectivity index (χ2v) is 2.17. The SMILES string of the molecule is C[C@@H](O)[C@@H](O)CCCO. The fourth-order valence-corrected chi connectivity index (χ4v) is 0.542. The van der Waals surface area contributed by atoms with Crippen LogP contribution in [-0.2, 0) is 0 Å². The highest BCUT2D eigenvalue weighted by atomic mass is 16.3. The van der Waals surface area contributed by atoms with E-state index >= 15 is 0 Å². The van der Waals surface area contributed by atoms with Gasteiger partial charge < -0.3 is 15.3 Å². The summed E-state index contributed by atoms with van der Waals surface area (Å²) in [6.07, 6.45) is -0.353. The molecule has 3 nitrogen and oxygen atoms in total. The Labute approximate surface area is 54.9 Å². The van der Waals surface area contributed by atoms with Gasteiger partial charge in [0.2, 0.25) is 0 Å². The van der Waals surface area contributed by atoms with Crippen molar-refractivity contribution in [3.63, 3.8) is 0 Å². The van der Waals surface area contributed by atoms with Gasteiger partial charge in [-0.3, -0.25) is 0 Å². The van der Waals surface area contributed by atoms with Gasteiger partial charge in [0.25, 0.3) is 0 Å². The molecule has 0 radical (unpaired) electrons. The van der Waals surface area contributed by atoms with E-state index in [2.05, 4.69) is 0 Å². The van der Waals surface area contributed by atoms with Gasteiger partial charge >= 0.3 is 0 Å². The fourth-order valence-electron chi connectivity index (χ4n) is 0.542. The van der Waals surface area contributed by atoms with Crippen LogP contribution in [-0.4, -0.2) is 34.1 Å². The van der Waals surface area contributed by atoms with Crippen LogP contribution in [0.2, 0.25) is 0 Å². The van der Waals surface area contributed by atoms with Crippen LogP contribution in [0.3, 0.4) is 0 Å². The third-order valence-corrected chi connectivity index (χ3v) is 1.21. The standard InChI is InChI=1S/C6H14O3/c1-5(8)6(9)3-2-4-7/h5-9H,2-4H2,1H3/t5-,6+/m1/s1. The predicted molar refractivity (Wildman–Crippen MR) is 34.0 cm³/mol. The van der Waals surface area contributed by atoms with Crippen LogP contribution in [0.5, 0.6) is 0 Å². The summed E-state index contributed by atoms with van der Waals surface area (Å²) in [5.41, 5.74) is 0. The molecule has 0 spiro atoms. The zero-order valence-electron chi connectivity index (χ0n) is 5.62. The first-order chi connectivity index (χ1) is 4.18. The molecule has 0 amide bonds. The van der Waals surface area contributed by atoms with Crippen molar-refractivity contribution in [3.8, 4) is 0 Å². The molecule has 0 saturated carbocycles. The summed E-state index contributed by atoms with van der Waals surface area (Å²) in [7, 11) is 0. The lowest BCUT2D eigenvalue weighted by molar-refractivity contribution is 0.0224. The number of hydrogen-bond donors (Lipinski definition) is 3. The number of rotatable bonds is 4. The third-order valence-electron chi connectivity index (χ3n) is 1.21. The Kier molecular flexibility index (Phi) is 4.67. The molecule has 0 heterocycles. The molecule has 56 valence electrons. The van der Waals surface area contributed by atoms with Gasteiger partial charge in [-0.15, -0.1) is 0 Å². The predicted octanol–water partition coefficient (Wildman–Crippen LogP) is -0.499. The molecule has 3 N–H and O–H groups in total. The minimum atomic E-state index is -0.684. The normalized spacial score (nSPS) is 17.3. The molecule has 0 fully saturated rings. The summed E-state index contributed by atoms with van der Waals surface area (Å²) in [5.74, 6) is 0. The van der Waals surface area contributed by atoms with E-state index in [4.69, 9.17) is 15.3 Å². The van der Waals surface area contributed by atoms with Crippen molar-refractivity contribution >= 4 is 0 Å². The second-order valence-electron chi connectivity index (χ2n) is 2.17. The topological polar surface area (TPSA) is 60.7 Å². The van der Waals surface area contributed by atoms with Crippen molar-refractivity contribution in [3.05, 3.63) is 0 Å². The molecule has 0 unspecified atom stereocenters. The van der Waals surface area contributed by atoms with E-state index in [0.29, 0.717) is 12.8 Å². The van der Waals surface area contributed by atoms with Crippen LogP contribution in [0.15, 0.2) is 0 Å². The van der Waals surface area contributed by atoms with Gasteiger partial charge in [-0.05, 0) is 19.8 Å². The molecule has 0 aliphatic carbocycles. The summed E-state index contributed by atoms with van der Waals surface area (Å²) < 4.78 is 0. The Morgan fingerprint density at radius 1 is 1.33 bits per heavy atom. The number of aliphatic hydroxyl groups is 3. The highest BCUT2D eigenvalue weighted by molar-refractivity contribution is 4.60. The van der Waals surface area contributed by atoms with Crippen molar-refractivity contribution in [2.24, 2.45) is 0 Å². The molecule has 3 heteroatoms. The molecule has 0 rings (SSSR count). The smallest absolute Gasteiger partial charge is 0.0797 e. The third kappa shape index (κ3) is 4.39. The summed E-state index contributed by atoms with van der Waals surface area (Å²) in [6.45, 7) is 1.60. The van der Waals surface area contributed by atoms with Crippen LogP contribution in [0, 0.1) is 0 Å². The lowest BCUT2D eigenvalue weighted by Crippen LogP contribution is -2.22. The average Bonchev–Trinajstić information content (AvgIpc) is 1.82. The van der Waals surface area contributed by atoms with Gasteiger partial charge in [0.15, 0.2) is 0 Å². The summed E-state index contributed by atoms with van der Waals surface area (Å²) >= 11 is 0. The summed E-state index contributed by atoms with van der Waals surface area (Å²) in [4.78, 5) is 0. The van der Waals surface area contributed by atoms with E-state index in [1.165, 1.54) is 6.92 Å². The van der Waals surface area contributed by atoms with Crippen LogP contribution >= 0.6 is 0 Å². The van der Waals surface area contributed by atoms with E-state index in [1.54, 1.807) is 0 Å². The molecule has 0 saturated heterocycles. The highest BCUT2D eigenvalue weighted by Crippen LogP contribution is 2.00. The molecule has 0 aliphatic rings. The molecular formula is C6H14O3. The zero-order chi connectivity index (χ0) is 7.28. The monoisotopic (exact) mass is 134 g/mol. The average molecular weight is 134 g/mol. The van der Waals surface area contributed by atoms with Crippen LogP contribution < -0.4 is 0 Å². The lowest BCUT2D eigenvalue weighted by Gasteiger charge is -2.11. The van der Waals surface area contributed by atoms with Crippen molar-refractivity contribution < 1.29 is 15.3 Å². The maximum absolute atomic E-state index is 8.90. The Bertz CT molecular complexity index is 63.3. The van der Waals surface area contributed by atoms with E-state index in [-0.39, 0.29) is 6.61 Å². The highest BCUT2D eigenvalue weighted by Gasteiger charge is 2.08. The van der Waals surface area contributed by atoms with Gasteiger partial charge in [0.05, 0.1) is 12.2 Å². The molecule has 0 bridgehead atoms. The van der Waals surface area contributed by atoms with Gasteiger partial charge in [-0.25, -0.2) is 0 Å². The van der Waals surface area contributed by atoms with Crippen LogP contribution in [0.25, 0.3) is 0 Å². The molecule has 0 aromatic carbocycles. The minimum absolute atomic E-state index is 0.0732. The van der Waals surface area contributed by atoms with Gasteiger partial charge in [0.1, 0.15) is 0 Å². The maximum atomic E-state index is 8.90. The van der Waals surface area contributed by atoms with Crippen LogP contribution in [0.4, 0.5) is 0 Å². The molecule has 0 aromatic rings. The van der Waals surface area contributed by atoms with E-state index < -0.39 is 12.2 Å². The first-order valence-corrected chi connectivity index (χ1v) is 3.15. The molecule has 0 aliphatic heterocycles. The Morgan fingerprint density at radius 2 is 1.89 bits per heavy atom. The van der Waals surface area contributed by atoms with Crippen LogP contribution in [0.1, 0.15) is 19.8 Å². The maximum Gasteiger partial charge on any atom is 0.0797 e. The van der Waals surface area contributed by atoms with E-state index in [1.807, 2.05) is 0 Å². The fraction of sp³-hybridized carbons (Fsp3) is 1.00. The Balaban J connectivity index is 3.16. The first-order valence-electron chi connectivity index (χ1n) is 3.15. The zero-order valence-corrected chi connectivity index (χ0v) is 5.62. The quantitative estimate of drug-likeness (QED) is 0.486. The van der Waals surface area contributed by atoms with Crippen molar-refractivity contribution in [1.82, 2.24) is 0 Å². The largest absolute Gasteiger partial charge is 0.396 e. The van der Waals surface area contributed by atoms with Gasteiger partial charge in [0, 0.05) is 6.61 Å². The molecule has 0 aromatic heterocycles. The number of aliphatic hydroxyl groups excluding tert-OH is 3. The van der Waals surface area contributed by atoms with Crippen molar-refractivity contribution in [2.75, 3.05) is 6.61 Å². The minimum Gasteiger partial charge on any atom is -0.396 e.